The van der Waals surface area contributed by atoms with E-state index in [0.717, 1.165) is 37.2 Å². The van der Waals surface area contributed by atoms with Crippen LogP contribution < -0.4 is 15.8 Å². The van der Waals surface area contributed by atoms with Gasteiger partial charge < -0.3 is 21.0 Å². The average Bonchev–Trinajstić information content (AvgIpc) is 2.46. The van der Waals surface area contributed by atoms with Crippen LogP contribution in [-0.4, -0.2) is 24.7 Å². The van der Waals surface area contributed by atoms with Crippen LogP contribution in [0.1, 0.15) is 33.1 Å². The number of para-hydroxylation sites is 2. The maximum atomic E-state index is 8.72. The van der Waals surface area contributed by atoms with Crippen LogP contribution in [0.3, 0.4) is 0 Å². The van der Waals surface area contributed by atoms with Crippen molar-refractivity contribution < 1.29 is 9.94 Å². The Morgan fingerprint density at radius 1 is 1.35 bits per heavy atom. The molecule has 0 saturated carbocycles. The highest BCUT2D eigenvalue weighted by Gasteiger charge is 2.22. The molecule has 0 unspecified atom stereocenters. The molecule has 0 aliphatic heterocycles. The molecule has 0 aliphatic rings. The minimum atomic E-state index is -0.265. The molecule has 20 heavy (non-hydrogen) atoms. The number of amidine groups is 1. The summed E-state index contributed by atoms with van der Waals surface area (Å²) in [6.45, 7) is 4.83. The quantitative estimate of drug-likeness (QED) is 0.225. The Morgan fingerprint density at radius 2 is 2.05 bits per heavy atom. The zero-order chi connectivity index (χ0) is 15.0. The zero-order valence-corrected chi connectivity index (χ0v) is 12.5. The van der Waals surface area contributed by atoms with Gasteiger partial charge in [0, 0.05) is 12.0 Å². The maximum Gasteiger partial charge on any atom is 0.144 e. The number of hydrogen-bond acceptors (Lipinski definition) is 4. The van der Waals surface area contributed by atoms with E-state index in [2.05, 4.69) is 10.5 Å². The molecule has 112 valence electrons. The Hall–Kier alpha value is -1.91. The summed E-state index contributed by atoms with van der Waals surface area (Å²) >= 11 is 0. The average molecular weight is 279 g/mol. The third-order valence-corrected chi connectivity index (χ3v) is 3.45. The second kappa shape index (κ2) is 7.62. The van der Waals surface area contributed by atoms with Gasteiger partial charge in [0.15, 0.2) is 0 Å². The number of nitrogens with one attached hydrogen (secondary N) is 1. The highest BCUT2D eigenvalue weighted by atomic mass is 16.5. The van der Waals surface area contributed by atoms with E-state index < -0.39 is 0 Å². The van der Waals surface area contributed by atoms with Crippen LogP contribution in [0.2, 0.25) is 0 Å². The second-order valence-electron chi connectivity index (χ2n) is 5.45. The topological polar surface area (TPSA) is 79.9 Å². The van der Waals surface area contributed by atoms with E-state index in [1.807, 2.05) is 38.1 Å². The lowest BCUT2D eigenvalue weighted by Crippen LogP contribution is -2.31. The molecule has 5 nitrogen and oxygen atoms in total. The van der Waals surface area contributed by atoms with E-state index in [-0.39, 0.29) is 11.3 Å². The summed E-state index contributed by atoms with van der Waals surface area (Å²) < 4.78 is 5.28. The van der Waals surface area contributed by atoms with Gasteiger partial charge in [0.25, 0.3) is 0 Å². The van der Waals surface area contributed by atoms with Gasteiger partial charge in [-0.2, -0.15) is 0 Å². The normalized spacial score (nSPS) is 12.2. The van der Waals surface area contributed by atoms with Crippen LogP contribution >= 0.6 is 0 Å². The molecular weight excluding hydrogens is 254 g/mol. The molecule has 1 rings (SSSR count). The summed E-state index contributed by atoms with van der Waals surface area (Å²) in [4.78, 5) is 0. The van der Waals surface area contributed by atoms with Crippen LogP contribution in [0, 0.1) is 5.41 Å². The van der Waals surface area contributed by atoms with Crippen molar-refractivity contribution in [3.63, 3.8) is 0 Å². The molecule has 0 atom stereocenters. The maximum absolute atomic E-state index is 8.72. The molecule has 5 heteroatoms. The molecule has 0 fully saturated rings. The number of nitrogens with two attached hydrogens (primary N) is 1. The highest BCUT2D eigenvalue weighted by molar-refractivity contribution is 5.85. The minimum Gasteiger partial charge on any atom is -0.495 e. The summed E-state index contributed by atoms with van der Waals surface area (Å²) in [5.74, 6) is 1.14. The number of benzene rings is 1. The van der Waals surface area contributed by atoms with Gasteiger partial charge in [0.05, 0.1) is 12.8 Å². The molecule has 1 aromatic rings. The van der Waals surface area contributed by atoms with Crippen molar-refractivity contribution in [3.05, 3.63) is 24.3 Å². The molecule has 0 radical (unpaired) electrons. The molecule has 0 spiro atoms. The van der Waals surface area contributed by atoms with Gasteiger partial charge in [-0.05, 0) is 25.0 Å². The molecule has 0 saturated heterocycles. The van der Waals surface area contributed by atoms with Gasteiger partial charge in [-0.15, -0.1) is 0 Å². The van der Waals surface area contributed by atoms with Crippen molar-refractivity contribution in [2.75, 3.05) is 19.0 Å². The van der Waals surface area contributed by atoms with Gasteiger partial charge in [0.2, 0.25) is 0 Å². The van der Waals surface area contributed by atoms with E-state index in [9.17, 15) is 0 Å². The van der Waals surface area contributed by atoms with Gasteiger partial charge in [0.1, 0.15) is 11.6 Å². The third kappa shape index (κ3) is 4.64. The van der Waals surface area contributed by atoms with Crippen molar-refractivity contribution in [1.82, 2.24) is 0 Å². The summed E-state index contributed by atoms with van der Waals surface area (Å²) in [5.41, 5.74) is 6.40. The fourth-order valence-electron chi connectivity index (χ4n) is 1.97. The first-order valence-corrected chi connectivity index (χ1v) is 6.86. The summed E-state index contributed by atoms with van der Waals surface area (Å²) in [7, 11) is 1.67. The summed E-state index contributed by atoms with van der Waals surface area (Å²) in [6, 6.07) is 7.86. The molecule has 0 heterocycles. The Bertz CT molecular complexity index is 444. The first-order valence-electron chi connectivity index (χ1n) is 6.86. The predicted octanol–water partition coefficient (Wildman–Crippen LogP) is 3.05. The lowest BCUT2D eigenvalue weighted by atomic mass is 9.86. The molecule has 1 aromatic carbocycles. The molecule has 0 amide bonds. The minimum absolute atomic E-state index is 0.265. The van der Waals surface area contributed by atoms with Crippen LogP contribution in [0.5, 0.6) is 5.75 Å². The smallest absolute Gasteiger partial charge is 0.144 e. The van der Waals surface area contributed by atoms with Crippen LogP contribution in [-0.2, 0) is 0 Å². The van der Waals surface area contributed by atoms with Gasteiger partial charge >= 0.3 is 0 Å². The molecular formula is C15H25N3O2. The van der Waals surface area contributed by atoms with Crippen LogP contribution in [0.15, 0.2) is 29.4 Å². The largest absolute Gasteiger partial charge is 0.495 e. The van der Waals surface area contributed by atoms with Crippen molar-refractivity contribution >= 4 is 11.5 Å². The summed E-state index contributed by atoms with van der Waals surface area (Å²) in [6.07, 6.45) is 2.90. The highest BCUT2D eigenvalue weighted by Crippen LogP contribution is 2.25. The van der Waals surface area contributed by atoms with Crippen molar-refractivity contribution in [1.29, 1.82) is 0 Å². The van der Waals surface area contributed by atoms with E-state index in [1.54, 1.807) is 7.11 Å². The van der Waals surface area contributed by atoms with E-state index in [0.29, 0.717) is 0 Å². The summed E-state index contributed by atoms with van der Waals surface area (Å²) in [5, 5.41) is 15.2. The Kier molecular flexibility index (Phi) is 6.15. The van der Waals surface area contributed by atoms with E-state index in [1.165, 1.54) is 0 Å². The lowest BCUT2D eigenvalue weighted by molar-refractivity contribution is 0.304. The lowest BCUT2D eigenvalue weighted by Gasteiger charge is -2.22. The number of nitrogens with zero attached hydrogens (tertiary/aromatic N) is 1. The molecule has 0 aromatic heterocycles. The van der Waals surface area contributed by atoms with E-state index in [4.69, 9.17) is 15.7 Å². The van der Waals surface area contributed by atoms with Crippen molar-refractivity contribution in [2.24, 2.45) is 16.3 Å². The van der Waals surface area contributed by atoms with E-state index >= 15 is 0 Å². The predicted molar refractivity (Wildman–Crippen MR) is 82.5 cm³/mol. The fourth-order valence-corrected chi connectivity index (χ4v) is 1.97. The number of oxime groups is 1. The van der Waals surface area contributed by atoms with Gasteiger partial charge in [-0.3, -0.25) is 0 Å². The Morgan fingerprint density at radius 3 is 2.70 bits per heavy atom. The standard InChI is InChI=1S/C15H25N3O2/c1-15(2,14(16)18-19)10-6-7-11-17-12-8-4-5-9-13(12)20-3/h4-5,8-9,17,19H,6-7,10-11H2,1-3H3,(H2,16,18). The monoisotopic (exact) mass is 279 g/mol. The van der Waals surface area contributed by atoms with Crippen molar-refractivity contribution in [3.8, 4) is 5.75 Å². The SMILES string of the molecule is COc1ccccc1NCCCCC(C)(C)/C(N)=N/O. The second-order valence-corrected chi connectivity index (χ2v) is 5.45. The van der Waals surface area contributed by atoms with Crippen molar-refractivity contribution in [2.45, 2.75) is 33.1 Å². The molecule has 0 aliphatic carbocycles. The number of ether oxygens (including phenoxy) is 1. The molecule has 4 N–H and O–H groups in total. The third-order valence-electron chi connectivity index (χ3n) is 3.45. The van der Waals surface area contributed by atoms with Gasteiger partial charge in [-0.25, -0.2) is 0 Å². The first-order chi connectivity index (χ1) is 9.51. The zero-order valence-electron chi connectivity index (χ0n) is 12.5. The number of unbranched alkanes of at least 4 members (excludes halogenated alkanes) is 1. The number of hydrogen-bond donors (Lipinski definition) is 3. The van der Waals surface area contributed by atoms with Crippen LogP contribution in [0.25, 0.3) is 0 Å². The number of anilines is 1. The number of methoxy groups -OCH3 is 1. The Labute approximate surface area is 120 Å². The Balaban J connectivity index is 2.32. The first kappa shape index (κ1) is 16.1. The molecule has 0 bridgehead atoms. The van der Waals surface area contributed by atoms with Crippen LogP contribution in [0.4, 0.5) is 5.69 Å². The number of rotatable bonds is 8. The van der Waals surface area contributed by atoms with Gasteiger partial charge in [-0.1, -0.05) is 37.6 Å². The fraction of sp³-hybridized carbons (Fsp3) is 0.533.